The predicted molar refractivity (Wildman–Crippen MR) is 137 cm³/mol. The van der Waals surface area contributed by atoms with Gasteiger partial charge in [-0.05, 0) is 61.7 Å². The van der Waals surface area contributed by atoms with Crippen molar-refractivity contribution in [2.75, 3.05) is 19.7 Å². The van der Waals surface area contributed by atoms with E-state index >= 15 is 0 Å². The molecule has 3 N–H and O–H groups in total. The lowest BCUT2D eigenvalue weighted by atomic mass is 9.89. The molecule has 0 aliphatic carbocycles. The molecule has 2 aromatic rings. The zero-order valence-electron chi connectivity index (χ0n) is 21.6. The quantitative estimate of drug-likeness (QED) is 0.288. The Bertz CT molecular complexity index is 1030. The second-order valence-electron chi connectivity index (χ2n) is 9.71. The first-order chi connectivity index (χ1) is 18.2. The van der Waals surface area contributed by atoms with Gasteiger partial charge in [0.05, 0.1) is 30.7 Å². The van der Waals surface area contributed by atoms with Gasteiger partial charge < -0.3 is 20.5 Å². The van der Waals surface area contributed by atoms with E-state index in [1.807, 2.05) is 12.1 Å². The molecule has 0 radical (unpaired) electrons. The minimum atomic E-state index is -4.19. The van der Waals surface area contributed by atoms with Crippen LogP contribution >= 0.6 is 0 Å². The van der Waals surface area contributed by atoms with Gasteiger partial charge in [-0.15, -0.1) is 0 Å². The summed E-state index contributed by atoms with van der Waals surface area (Å²) in [5.41, 5.74) is 2.00. The lowest BCUT2D eigenvalue weighted by Crippen LogP contribution is -2.38. The number of carbonyl (C=O) groups is 2. The van der Waals surface area contributed by atoms with Gasteiger partial charge in [0.1, 0.15) is 5.75 Å². The molecule has 1 aliphatic rings. The average Bonchev–Trinajstić information content (AvgIpc) is 2.90. The van der Waals surface area contributed by atoms with E-state index in [0.717, 1.165) is 31.2 Å². The number of benzene rings is 1. The number of aromatic nitrogens is 1. The molecule has 0 saturated carbocycles. The highest BCUT2D eigenvalue weighted by atomic mass is 19.4. The third-order valence-corrected chi connectivity index (χ3v) is 6.85. The maximum absolute atomic E-state index is 13.2. The van der Waals surface area contributed by atoms with Crippen LogP contribution in [0.4, 0.5) is 13.2 Å². The van der Waals surface area contributed by atoms with E-state index in [1.54, 1.807) is 30.5 Å². The minimum Gasteiger partial charge on any atom is -0.493 e. The SMILES string of the molecule is CCCCCC(COc1ccc(C(=O)NCCC(=O)O)cc1)c1ccc(C2CC(C(F)(F)F)CCN2)nc1. The minimum absolute atomic E-state index is 0.00748. The van der Waals surface area contributed by atoms with Gasteiger partial charge in [0.2, 0.25) is 0 Å². The van der Waals surface area contributed by atoms with Crippen molar-refractivity contribution in [2.24, 2.45) is 5.92 Å². The summed E-state index contributed by atoms with van der Waals surface area (Å²) in [4.78, 5) is 27.3. The van der Waals surface area contributed by atoms with Crippen molar-refractivity contribution in [1.82, 2.24) is 15.6 Å². The largest absolute Gasteiger partial charge is 0.493 e. The molecule has 1 aromatic carbocycles. The summed E-state index contributed by atoms with van der Waals surface area (Å²) in [5.74, 6) is -1.98. The van der Waals surface area contributed by atoms with Gasteiger partial charge in [0, 0.05) is 24.2 Å². The summed E-state index contributed by atoms with van der Waals surface area (Å²) in [5, 5.41) is 14.4. The van der Waals surface area contributed by atoms with E-state index in [1.165, 1.54) is 0 Å². The third-order valence-electron chi connectivity index (χ3n) is 6.85. The van der Waals surface area contributed by atoms with Gasteiger partial charge in [0.15, 0.2) is 0 Å². The maximum Gasteiger partial charge on any atom is 0.391 e. The Balaban J connectivity index is 1.61. The molecule has 1 saturated heterocycles. The maximum atomic E-state index is 13.2. The van der Waals surface area contributed by atoms with Crippen molar-refractivity contribution >= 4 is 11.9 Å². The van der Waals surface area contributed by atoms with Crippen molar-refractivity contribution in [2.45, 2.75) is 70.0 Å². The molecule has 1 amide bonds. The molecule has 1 aliphatic heterocycles. The van der Waals surface area contributed by atoms with E-state index in [0.29, 0.717) is 30.2 Å². The Labute approximate surface area is 221 Å². The fraction of sp³-hybridized carbons (Fsp3) is 0.536. The van der Waals surface area contributed by atoms with Gasteiger partial charge in [-0.3, -0.25) is 14.6 Å². The van der Waals surface area contributed by atoms with Gasteiger partial charge in [0.25, 0.3) is 5.91 Å². The number of rotatable bonds is 13. The lowest BCUT2D eigenvalue weighted by Gasteiger charge is -2.31. The zero-order valence-corrected chi connectivity index (χ0v) is 21.6. The number of hydrogen-bond donors (Lipinski definition) is 3. The van der Waals surface area contributed by atoms with E-state index < -0.39 is 24.1 Å². The number of carboxylic acid groups (broad SMARTS) is 1. The second kappa shape index (κ2) is 14.1. The highest BCUT2D eigenvalue weighted by molar-refractivity contribution is 5.94. The van der Waals surface area contributed by atoms with Crippen LogP contribution in [0.1, 0.15) is 85.4 Å². The summed E-state index contributed by atoms with van der Waals surface area (Å²) in [6.07, 6.45) is 1.55. The van der Waals surface area contributed by atoms with Gasteiger partial charge >= 0.3 is 12.1 Å². The van der Waals surface area contributed by atoms with Crippen LogP contribution < -0.4 is 15.4 Å². The monoisotopic (exact) mass is 535 g/mol. The molecule has 3 atom stereocenters. The Morgan fingerprint density at radius 3 is 2.58 bits per heavy atom. The number of ether oxygens (including phenoxy) is 1. The zero-order chi connectivity index (χ0) is 27.5. The molecule has 0 bridgehead atoms. The molecule has 3 rings (SSSR count). The molecule has 1 aromatic heterocycles. The normalized spacial score (nSPS) is 18.5. The number of carbonyl (C=O) groups excluding carboxylic acids is 1. The number of nitrogens with one attached hydrogen (secondary N) is 2. The van der Waals surface area contributed by atoms with Crippen molar-refractivity contribution in [3.05, 3.63) is 59.4 Å². The predicted octanol–water partition coefficient (Wildman–Crippen LogP) is 5.63. The number of carboxylic acids is 1. The number of unbranched alkanes of at least 4 members (excludes halogenated alkanes) is 2. The van der Waals surface area contributed by atoms with E-state index in [9.17, 15) is 22.8 Å². The number of aliphatic carboxylic acids is 1. The van der Waals surface area contributed by atoms with Crippen LogP contribution in [-0.2, 0) is 4.79 Å². The number of hydrogen-bond acceptors (Lipinski definition) is 5. The summed E-state index contributed by atoms with van der Waals surface area (Å²) in [7, 11) is 0. The summed E-state index contributed by atoms with van der Waals surface area (Å²) in [6.45, 7) is 2.90. The average molecular weight is 536 g/mol. The molecule has 3 unspecified atom stereocenters. The first-order valence-electron chi connectivity index (χ1n) is 13.2. The fourth-order valence-corrected chi connectivity index (χ4v) is 4.58. The highest BCUT2D eigenvalue weighted by Gasteiger charge is 2.42. The Morgan fingerprint density at radius 1 is 1.18 bits per heavy atom. The Hall–Kier alpha value is -3.14. The van der Waals surface area contributed by atoms with Crippen LogP contribution in [0.2, 0.25) is 0 Å². The van der Waals surface area contributed by atoms with Crippen LogP contribution in [0.5, 0.6) is 5.75 Å². The van der Waals surface area contributed by atoms with Gasteiger partial charge in [-0.25, -0.2) is 0 Å². The third kappa shape index (κ3) is 9.01. The summed E-state index contributed by atoms with van der Waals surface area (Å²) in [6, 6.07) is 9.98. The Morgan fingerprint density at radius 2 is 1.95 bits per heavy atom. The number of halogens is 3. The van der Waals surface area contributed by atoms with Crippen LogP contribution in [0.15, 0.2) is 42.6 Å². The Kier molecular flexibility index (Phi) is 10.9. The first kappa shape index (κ1) is 29.4. The molecular weight excluding hydrogens is 499 g/mol. The van der Waals surface area contributed by atoms with Gasteiger partial charge in [-0.2, -0.15) is 13.2 Å². The summed E-state index contributed by atoms with van der Waals surface area (Å²) < 4.78 is 45.7. The summed E-state index contributed by atoms with van der Waals surface area (Å²) >= 11 is 0. The topological polar surface area (TPSA) is 101 Å². The molecule has 0 spiro atoms. The van der Waals surface area contributed by atoms with E-state index in [2.05, 4.69) is 22.5 Å². The number of amides is 1. The molecule has 1 fully saturated rings. The smallest absolute Gasteiger partial charge is 0.391 e. The van der Waals surface area contributed by atoms with E-state index in [-0.39, 0.29) is 37.6 Å². The van der Waals surface area contributed by atoms with Crippen molar-refractivity contribution in [1.29, 1.82) is 0 Å². The van der Waals surface area contributed by atoms with Crippen LogP contribution in [0.25, 0.3) is 0 Å². The molecule has 38 heavy (non-hydrogen) atoms. The number of pyridine rings is 1. The van der Waals surface area contributed by atoms with Crippen molar-refractivity contribution in [3.63, 3.8) is 0 Å². The van der Waals surface area contributed by atoms with Crippen LogP contribution in [0.3, 0.4) is 0 Å². The van der Waals surface area contributed by atoms with Crippen molar-refractivity contribution < 1.29 is 32.6 Å². The molecule has 7 nitrogen and oxygen atoms in total. The molecular formula is C28H36F3N3O4. The lowest BCUT2D eigenvalue weighted by molar-refractivity contribution is -0.183. The second-order valence-corrected chi connectivity index (χ2v) is 9.71. The number of alkyl halides is 3. The standard InChI is InChI=1S/C28H36F3N3O4/c1-2-3-4-5-21(18-38-23-9-6-19(7-10-23)27(37)33-15-13-26(35)36)20-8-11-24(34-17-20)25-16-22(12-14-32-25)28(29,30)31/h6-11,17,21-22,25,32H,2-5,12-16,18H2,1H3,(H,33,37)(H,35,36). The molecule has 208 valence electrons. The van der Waals surface area contributed by atoms with Crippen LogP contribution in [-0.4, -0.2) is 47.8 Å². The van der Waals surface area contributed by atoms with Crippen LogP contribution in [0, 0.1) is 5.92 Å². The fourth-order valence-electron chi connectivity index (χ4n) is 4.58. The number of piperidine rings is 1. The molecule has 2 heterocycles. The van der Waals surface area contributed by atoms with Gasteiger partial charge in [-0.1, -0.05) is 32.3 Å². The number of nitrogens with zero attached hydrogens (tertiary/aromatic N) is 1. The molecule has 10 heteroatoms. The van der Waals surface area contributed by atoms with Crippen molar-refractivity contribution in [3.8, 4) is 5.75 Å². The first-order valence-corrected chi connectivity index (χ1v) is 13.2. The highest BCUT2D eigenvalue weighted by Crippen LogP contribution is 2.38. The van der Waals surface area contributed by atoms with E-state index in [4.69, 9.17) is 9.84 Å².